The Hall–Kier alpha value is -2.24. The van der Waals surface area contributed by atoms with Crippen LogP contribution in [0.5, 0.6) is 0 Å². The molecule has 0 aromatic carbocycles. The van der Waals surface area contributed by atoms with Crippen LogP contribution in [0.4, 0.5) is 0 Å². The van der Waals surface area contributed by atoms with Crippen molar-refractivity contribution in [2.24, 2.45) is 11.8 Å². The fourth-order valence-corrected chi connectivity index (χ4v) is 7.22. The highest BCUT2D eigenvalue weighted by Crippen LogP contribution is 2.60. The Morgan fingerprint density at radius 2 is 2.05 bits per heavy atom. The summed E-state index contributed by atoms with van der Waals surface area (Å²) in [5.74, 6) is -3.27. The number of halogens is 1. The number of aliphatic hydroxyl groups is 1. The number of carbonyl (C=O) groups excluding carboxylic acids is 4. The van der Waals surface area contributed by atoms with Crippen LogP contribution < -0.4 is 5.32 Å². The van der Waals surface area contributed by atoms with Crippen LogP contribution in [0.2, 0.25) is 0 Å². The predicted molar refractivity (Wildman–Crippen MR) is 149 cm³/mol. The topological polar surface area (TPSA) is 125 Å². The van der Waals surface area contributed by atoms with Crippen molar-refractivity contribution in [1.82, 2.24) is 15.1 Å². The van der Waals surface area contributed by atoms with Gasteiger partial charge in [-0.15, -0.1) is 13.2 Å². The van der Waals surface area contributed by atoms with Gasteiger partial charge < -0.3 is 29.7 Å². The summed E-state index contributed by atoms with van der Waals surface area (Å²) in [6, 6.07) is -1.07. The molecule has 3 rings (SSSR count). The molecule has 0 radical (unpaired) electrons. The number of amides is 3. The van der Waals surface area contributed by atoms with E-state index in [2.05, 4.69) is 34.4 Å². The molecule has 0 saturated carbocycles. The molecule has 3 heterocycles. The molecule has 1 spiro atoms. The monoisotopic (exact) mass is 611 g/mol. The first-order valence-electron chi connectivity index (χ1n) is 13.8. The number of ether oxygens (including phenoxy) is 2. The Bertz CT molecular complexity index is 961. The minimum atomic E-state index is -1.22. The molecular weight excluding hydrogens is 570 g/mol. The van der Waals surface area contributed by atoms with Gasteiger partial charge in [0.15, 0.2) is 0 Å². The second-order valence-corrected chi connectivity index (χ2v) is 11.9. The predicted octanol–water partition coefficient (Wildman–Crippen LogP) is 1.94. The third-order valence-corrected chi connectivity index (χ3v) is 8.81. The number of aliphatic hydroxyl groups excluding tert-OH is 1. The molecule has 3 amide bonds. The van der Waals surface area contributed by atoms with E-state index < -0.39 is 47.6 Å². The zero-order valence-corrected chi connectivity index (χ0v) is 24.7. The second kappa shape index (κ2) is 13.4. The fraction of sp³-hybridized carbons (Fsp3) is 0.714. The summed E-state index contributed by atoms with van der Waals surface area (Å²) in [5.41, 5.74) is -1.22. The number of hydrogen-bond acceptors (Lipinski definition) is 7. The molecule has 0 aromatic heterocycles. The minimum Gasteiger partial charge on any atom is -0.460 e. The van der Waals surface area contributed by atoms with E-state index in [4.69, 9.17) is 9.47 Å². The van der Waals surface area contributed by atoms with E-state index in [1.807, 2.05) is 13.8 Å². The summed E-state index contributed by atoms with van der Waals surface area (Å²) in [6.07, 6.45) is 4.90. The number of carbonyl (C=O) groups is 4. The van der Waals surface area contributed by atoms with Crippen molar-refractivity contribution in [3.05, 3.63) is 25.3 Å². The summed E-state index contributed by atoms with van der Waals surface area (Å²) in [5, 5.41) is 12.5. The van der Waals surface area contributed by atoms with Crippen LogP contribution >= 0.6 is 15.9 Å². The van der Waals surface area contributed by atoms with Crippen molar-refractivity contribution in [1.29, 1.82) is 0 Å². The van der Waals surface area contributed by atoms with Gasteiger partial charge in [0, 0.05) is 30.4 Å². The molecule has 3 aliphatic rings. The molecule has 3 saturated heterocycles. The van der Waals surface area contributed by atoms with Crippen LogP contribution in [-0.2, 0) is 28.7 Å². The highest BCUT2D eigenvalue weighted by Gasteiger charge is 2.77. The maximum absolute atomic E-state index is 14.1. The maximum Gasteiger partial charge on any atom is 0.312 e. The number of allylic oxidation sites excluding steroid dienone is 1. The molecule has 39 heavy (non-hydrogen) atoms. The summed E-state index contributed by atoms with van der Waals surface area (Å²) in [4.78, 5) is 56.2. The van der Waals surface area contributed by atoms with Gasteiger partial charge in [0.2, 0.25) is 17.7 Å². The molecule has 218 valence electrons. The van der Waals surface area contributed by atoms with Crippen LogP contribution in [0.3, 0.4) is 0 Å². The van der Waals surface area contributed by atoms with Gasteiger partial charge in [-0.2, -0.15) is 0 Å². The largest absolute Gasteiger partial charge is 0.460 e. The molecule has 3 fully saturated rings. The van der Waals surface area contributed by atoms with Gasteiger partial charge in [0.05, 0.1) is 31.1 Å². The number of esters is 1. The van der Waals surface area contributed by atoms with Gasteiger partial charge in [-0.25, -0.2) is 0 Å². The summed E-state index contributed by atoms with van der Waals surface area (Å²) in [7, 11) is 0. The number of alkyl halides is 1. The third kappa shape index (κ3) is 6.10. The van der Waals surface area contributed by atoms with Crippen LogP contribution in [0.1, 0.15) is 52.9 Å². The zero-order valence-electron chi connectivity index (χ0n) is 23.1. The van der Waals surface area contributed by atoms with Gasteiger partial charge in [-0.1, -0.05) is 41.4 Å². The van der Waals surface area contributed by atoms with Gasteiger partial charge in [0.25, 0.3) is 0 Å². The molecule has 11 heteroatoms. The Morgan fingerprint density at radius 3 is 2.67 bits per heavy atom. The summed E-state index contributed by atoms with van der Waals surface area (Å²) < 4.78 is 12.1. The average Bonchev–Trinajstić information content (AvgIpc) is 3.48. The lowest BCUT2D eigenvalue weighted by Crippen LogP contribution is -2.58. The van der Waals surface area contributed by atoms with Crippen molar-refractivity contribution in [2.75, 3.05) is 26.2 Å². The van der Waals surface area contributed by atoms with Gasteiger partial charge in [-0.05, 0) is 33.1 Å². The SMILES string of the molecule is C=CCCC(=O)NC[C@H](C)OC(=O)[C@H]1[C@@H]2O[C@@]3(CC2Br)[C@@H]1C(=O)N(CCO)[C@@H]3C(=O)N(CC=C)C(C)CCC. The molecule has 0 aromatic rings. The Labute approximate surface area is 239 Å². The van der Waals surface area contributed by atoms with Crippen molar-refractivity contribution < 1.29 is 33.8 Å². The van der Waals surface area contributed by atoms with Crippen molar-refractivity contribution in [3.63, 3.8) is 0 Å². The number of nitrogens with one attached hydrogen (secondary N) is 1. The minimum absolute atomic E-state index is 0.0481. The first-order valence-corrected chi connectivity index (χ1v) is 14.7. The Balaban J connectivity index is 1.86. The van der Waals surface area contributed by atoms with Gasteiger partial charge in [-0.3, -0.25) is 19.2 Å². The average molecular weight is 613 g/mol. The van der Waals surface area contributed by atoms with Gasteiger partial charge >= 0.3 is 5.97 Å². The van der Waals surface area contributed by atoms with Crippen LogP contribution in [0.25, 0.3) is 0 Å². The summed E-state index contributed by atoms with van der Waals surface area (Å²) >= 11 is 3.63. The summed E-state index contributed by atoms with van der Waals surface area (Å²) in [6.45, 7) is 13.1. The molecule has 2 bridgehead atoms. The van der Waals surface area contributed by atoms with Crippen molar-refractivity contribution in [2.45, 2.75) is 87.6 Å². The van der Waals surface area contributed by atoms with E-state index in [-0.39, 0.29) is 42.4 Å². The number of nitrogens with zero attached hydrogens (tertiary/aromatic N) is 2. The molecule has 2 N–H and O–H groups in total. The van der Waals surface area contributed by atoms with E-state index in [9.17, 15) is 24.3 Å². The van der Waals surface area contributed by atoms with E-state index in [0.29, 0.717) is 25.8 Å². The third-order valence-electron chi connectivity index (χ3n) is 7.96. The fourth-order valence-electron chi connectivity index (χ4n) is 6.28. The lowest BCUT2D eigenvalue weighted by atomic mass is 9.70. The van der Waals surface area contributed by atoms with Gasteiger partial charge in [0.1, 0.15) is 17.7 Å². The number of hydrogen-bond donors (Lipinski definition) is 2. The zero-order chi connectivity index (χ0) is 28.9. The van der Waals surface area contributed by atoms with E-state index in [0.717, 1.165) is 12.8 Å². The number of β-amino-alcohol motifs (C(OH)–C–C–N with tert-alkyl or cyclic N) is 1. The first-order chi connectivity index (χ1) is 18.6. The molecular formula is C28H42BrN3O7. The maximum atomic E-state index is 14.1. The second-order valence-electron chi connectivity index (χ2n) is 10.7. The van der Waals surface area contributed by atoms with Crippen LogP contribution in [0.15, 0.2) is 25.3 Å². The number of likely N-dealkylation sites (tertiary alicyclic amines) is 1. The number of fused-ring (bicyclic) bond motifs is 1. The van der Waals surface area contributed by atoms with Crippen LogP contribution in [-0.4, -0.2) is 99.6 Å². The first kappa shape index (κ1) is 31.3. The molecule has 0 aliphatic carbocycles. The van der Waals surface area contributed by atoms with E-state index in [1.165, 1.54) is 4.90 Å². The lowest BCUT2D eigenvalue weighted by molar-refractivity contribution is -0.159. The molecule has 10 nitrogen and oxygen atoms in total. The standard InChI is InChI=1S/C28H42BrN3O7/c1-6-9-11-20(34)30-16-18(5)38-27(37)21-22-25(35)32(13-14-33)24(28(22)15-19(29)23(21)39-28)26(36)31(12-8-3)17(4)10-7-2/h6,8,17-19,21-24,33H,1,3,7,9-16H2,2,4-5H3,(H,30,34)/t17?,18-,19?,21+,22-,23+,24+,28-/m0/s1. The molecule has 3 aliphatic heterocycles. The van der Waals surface area contributed by atoms with E-state index >= 15 is 0 Å². The van der Waals surface area contributed by atoms with E-state index in [1.54, 1.807) is 24.0 Å². The highest BCUT2D eigenvalue weighted by atomic mass is 79.9. The Kier molecular flexibility index (Phi) is 10.8. The van der Waals surface area contributed by atoms with Crippen molar-refractivity contribution >= 4 is 39.6 Å². The molecule has 8 atom stereocenters. The lowest BCUT2D eigenvalue weighted by Gasteiger charge is -2.39. The number of rotatable bonds is 15. The molecule has 2 unspecified atom stereocenters. The Morgan fingerprint density at radius 1 is 1.33 bits per heavy atom. The normalized spacial score (nSPS) is 30.4. The quantitative estimate of drug-likeness (QED) is 0.165. The van der Waals surface area contributed by atoms with Crippen molar-refractivity contribution in [3.8, 4) is 0 Å². The van der Waals surface area contributed by atoms with Crippen LogP contribution in [0, 0.1) is 11.8 Å². The smallest absolute Gasteiger partial charge is 0.312 e. The highest BCUT2D eigenvalue weighted by molar-refractivity contribution is 9.09.